The van der Waals surface area contributed by atoms with Gasteiger partial charge in [-0.05, 0) is 24.3 Å². The number of allylic oxidation sites excluding steroid dienone is 4. The molecule has 0 bridgehead atoms. The van der Waals surface area contributed by atoms with Crippen LogP contribution in [0.15, 0.2) is 33.1 Å². The summed E-state index contributed by atoms with van der Waals surface area (Å²) in [6.45, 7) is 0. The zero-order chi connectivity index (χ0) is 12.4. The van der Waals surface area contributed by atoms with Crippen LogP contribution in [0.4, 0.5) is 0 Å². The molecule has 0 fully saturated rings. The molecule has 6 nitrogen and oxygen atoms in total. The Labute approximate surface area is 94.2 Å². The van der Waals surface area contributed by atoms with Crippen LogP contribution >= 0.6 is 0 Å². The van der Waals surface area contributed by atoms with Gasteiger partial charge >= 0.3 is 0 Å². The molecule has 1 aliphatic rings. The quantitative estimate of drug-likeness (QED) is 0.650. The van der Waals surface area contributed by atoms with E-state index in [9.17, 15) is 16.8 Å². The first-order chi connectivity index (χ1) is 7.16. The smallest absolute Gasteiger partial charge is 0.205 e. The third-order valence-corrected chi connectivity index (χ3v) is 2.48. The molecule has 16 heavy (non-hydrogen) atoms. The first-order valence-electron chi connectivity index (χ1n) is 4.12. The minimum atomic E-state index is -3.45. The molecule has 0 heterocycles. The van der Waals surface area contributed by atoms with Gasteiger partial charge in [-0.15, -0.1) is 0 Å². The Kier molecular flexibility index (Phi) is 3.44. The number of hydrogen-bond donors (Lipinski definition) is 0. The molecule has 0 aromatic rings. The van der Waals surface area contributed by atoms with Crippen molar-refractivity contribution in [3.05, 3.63) is 24.3 Å². The summed E-state index contributed by atoms with van der Waals surface area (Å²) in [5, 5.41) is 0. The van der Waals surface area contributed by atoms with Crippen LogP contribution < -0.4 is 0 Å². The van der Waals surface area contributed by atoms with Crippen molar-refractivity contribution in [2.24, 2.45) is 8.80 Å². The van der Waals surface area contributed by atoms with Crippen LogP contribution in [-0.2, 0) is 20.0 Å². The summed E-state index contributed by atoms with van der Waals surface area (Å²) in [7, 11) is -6.90. The van der Waals surface area contributed by atoms with Crippen molar-refractivity contribution >= 4 is 31.5 Å². The molecule has 0 aromatic carbocycles. The molecule has 0 aromatic heterocycles. The average molecular weight is 262 g/mol. The van der Waals surface area contributed by atoms with E-state index in [1.54, 1.807) is 0 Å². The molecule has 1 rings (SSSR count). The molecule has 0 spiro atoms. The maximum atomic E-state index is 10.8. The van der Waals surface area contributed by atoms with Gasteiger partial charge in [0.15, 0.2) is 0 Å². The third kappa shape index (κ3) is 4.99. The van der Waals surface area contributed by atoms with E-state index >= 15 is 0 Å². The zero-order valence-corrected chi connectivity index (χ0v) is 10.3. The van der Waals surface area contributed by atoms with Crippen molar-refractivity contribution in [3.8, 4) is 0 Å². The molecule has 0 unspecified atom stereocenters. The molecule has 0 aliphatic heterocycles. The number of hydrogen-bond acceptors (Lipinski definition) is 4. The van der Waals surface area contributed by atoms with Gasteiger partial charge in [0.1, 0.15) is 0 Å². The fourth-order valence-electron chi connectivity index (χ4n) is 0.957. The van der Waals surface area contributed by atoms with E-state index in [0.29, 0.717) is 0 Å². The molecule has 88 valence electrons. The maximum Gasteiger partial charge on any atom is 0.250 e. The standard InChI is InChI=1S/C8H10N2O4S2/c1-15(11,12)9-7-3-5-8(6-4-7)10-16(2,13)14/h3-6H,1-2H3. The molecule has 0 saturated heterocycles. The lowest BCUT2D eigenvalue weighted by Gasteiger charge is -2.00. The van der Waals surface area contributed by atoms with Gasteiger partial charge in [0.2, 0.25) is 0 Å². The van der Waals surface area contributed by atoms with Crippen LogP contribution in [0, 0.1) is 0 Å². The van der Waals surface area contributed by atoms with Gasteiger partial charge in [-0.2, -0.15) is 8.80 Å². The maximum absolute atomic E-state index is 10.8. The van der Waals surface area contributed by atoms with Crippen LogP contribution in [0.1, 0.15) is 0 Å². The Morgan fingerprint density at radius 2 is 1.00 bits per heavy atom. The van der Waals surface area contributed by atoms with Crippen molar-refractivity contribution in [1.29, 1.82) is 0 Å². The first kappa shape index (κ1) is 12.8. The van der Waals surface area contributed by atoms with Crippen LogP contribution in [-0.4, -0.2) is 40.8 Å². The van der Waals surface area contributed by atoms with Gasteiger partial charge in [-0.25, -0.2) is 16.8 Å². The first-order valence-corrected chi connectivity index (χ1v) is 7.81. The molecular formula is C8H10N2O4S2. The Balaban J connectivity index is 2.99. The highest BCUT2D eigenvalue weighted by Crippen LogP contribution is 2.02. The Morgan fingerprint density at radius 1 is 0.750 bits per heavy atom. The van der Waals surface area contributed by atoms with Gasteiger partial charge in [-0.3, -0.25) is 0 Å². The molecule has 0 radical (unpaired) electrons. The number of nitrogens with zero attached hydrogens (tertiary/aromatic N) is 2. The molecular weight excluding hydrogens is 252 g/mol. The predicted molar refractivity (Wildman–Crippen MR) is 62.8 cm³/mol. The highest BCUT2D eigenvalue weighted by atomic mass is 32.2. The fraction of sp³-hybridized carbons (Fsp3) is 0.250. The van der Waals surface area contributed by atoms with Crippen LogP contribution in [0.5, 0.6) is 0 Å². The van der Waals surface area contributed by atoms with Crippen LogP contribution in [0.2, 0.25) is 0 Å². The number of rotatable bonds is 2. The second-order valence-electron chi connectivity index (χ2n) is 3.17. The minimum absolute atomic E-state index is 0.231. The van der Waals surface area contributed by atoms with Gasteiger partial charge < -0.3 is 0 Å². The average Bonchev–Trinajstić information content (AvgIpc) is 2.03. The number of sulfonamides is 2. The summed E-state index contributed by atoms with van der Waals surface area (Å²) >= 11 is 0. The van der Waals surface area contributed by atoms with E-state index in [1.165, 1.54) is 24.3 Å². The third-order valence-electron chi connectivity index (χ3n) is 1.39. The topological polar surface area (TPSA) is 93.0 Å². The van der Waals surface area contributed by atoms with Crippen molar-refractivity contribution in [3.63, 3.8) is 0 Å². The van der Waals surface area contributed by atoms with Crippen molar-refractivity contribution in [2.75, 3.05) is 12.5 Å². The van der Waals surface area contributed by atoms with Crippen molar-refractivity contribution in [2.45, 2.75) is 0 Å². The summed E-state index contributed by atoms with van der Waals surface area (Å²) in [6, 6.07) is 0. The minimum Gasteiger partial charge on any atom is -0.205 e. The van der Waals surface area contributed by atoms with E-state index in [-0.39, 0.29) is 11.4 Å². The SMILES string of the molecule is CS(=O)(=O)N=C1C=CC(=NS(C)(=O)=O)C=C1. The lowest BCUT2D eigenvalue weighted by Crippen LogP contribution is -2.05. The molecule has 1 aliphatic carbocycles. The molecule has 0 amide bonds. The van der Waals surface area contributed by atoms with Gasteiger partial charge in [0.25, 0.3) is 20.0 Å². The second kappa shape index (κ2) is 4.30. The lowest BCUT2D eigenvalue weighted by atomic mass is 10.1. The second-order valence-corrected chi connectivity index (χ2v) is 6.46. The summed E-state index contributed by atoms with van der Waals surface area (Å²) in [4.78, 5) is 0. The molecule has 8 heteroatoms. The van der Waals surface area contributed by atoms with Gasteiger partial charge in [0, 0.05) is 0 Å². The van der Waals surface area contributed by atoms with Crippen LogP contribution in [0.25, 0.3) is 0 Å². The highest BCUT2D eigenvalue weighted by molar-refractivity contribution is 7.89. The van der Waals surface area contributed by atoms with Gasteiger partial charge in [0.05, 0.1) is 23.9 Å². The summed E-state index contributed by atoms with van der Waals surface area (Å²) in [5.41, 5.74) is 0.463. The summed E-state index contributed by atoms with van der Waals surface area (Å²) < 4.78 is 50.1. The largest absolute Gasteiger partial charge is 0.250 e. The Morgan fingerprint density at radius 3 is 1.19 bits per heavy atom. The normalized spacial score (nSPS) is 16.4. The van der Waals surface area contributed by atoms with E-state index in [0.717, 1.165) is 12.5 Å². The Hall–Kier alpha value is -1.28. The van der Waals surface area contributed by atoms with E-state index in [4.69, 9.17) is 0 Å². The monoisotopic (exact) mass is 262 g/mol. The van der Waals surface area contributed by atoms with Crippen molar-refractivity contribution < 1.29 is 16.8 Å². The van der Waals surface area contributed by atoms with E-state index < -0.39 is 20.0 Å². The lowest BCUT2D eigenvalue weighted by molar-refractivity contribution is 0.602. The van der Waals surface area contributed by atoms with Gasteiger partial charge in [-0.1, -0.05) is 0 Å². The van der Waals surface area contributed by atoms with Crippen LogP contribution in [0.3, 0.4) is 0 Å². The fourth-order valence-corrected chi connectivity index (χ4v) is 1.97. The summed E-state index contributed by atoms with van der Waals surface area (Å²) in [5.74, 6) is 0. The summed E-state index contributed by atoms with van der Waals surface area (Å²) in [6.07, 6.45) is 7.47. The zero-order valence-electron chi connectivity index (χ0n) is 8.65. The van der Waals surface area contributed by atoms with Crippen molar-refractivity contribution in [1.82, 2.24) is 0 Å². The molecule has 0 N–H and O–H groups in total. The van der Waals surface area contributed by atoms with E-state index in [2.05, 4.69) is 8.80 Å². The Bertz CT molecular complexity index is 534. The molecule has 0 atom stereocenters. The predicted octanol–water partition coefficient (Wildman–Crippen LogP) is -0.0864. The van der Waals surface area contributed by atoms with E-state index in [1.807, 2.05) is 0 Å². The highest BCUT2D eigenvalue weighted by Gasteiger charge is 2.05. The molecule has 0 saturated carbocycles.